The summed E-state index contributed by atoms with van der Waals surface area (Å²) in [6, 6.07) is 6.70. The number of fused-ring (bicyclic) bond motifs is 1. The van der Waals surface area contributed by atoms with E-state index in [-0.39, 0.29) is 24.2 Å². The highest BCUT2D eigenvalue weighted by atomic mass is 16.6. The molecule has 4 rings (SSSR count). The molecule has 2 aliphatic rings. The molecule has 1 saturated carbocycles. The van der Waals surface area contributed by atoms with E-state index in [0.717, 1.165) is 12.8 Å². The summed E-state index contributed by atoms with van der Waals surface area (Å²) in [4.78, 5) is 37.6. The van der Waals surface area contributed by atoms with Crippen LogP contribution in [-0.2, 0) is 17.8 Å². The van der Waals surface area contributed by atoms with Crippen LogP contribution in [0.25, 0.3) is 0 Å². The number of hydrogen-bond donors (Lipinski definition) is 2. The summed E-state index contributed by atoms with van der Waals surface area (Å²) in [6.45, 7) is 2.74. The van der Waals surface area contributed by atoms with Crippen LogP contribution in [0.15, 0.2) is 28.8 Å². The monoisotopic (exact) mass is 398 g/mol. The highest BCUT2D eigenvalue weighted by Crippen LogP contribution is 2.29. The van der Waals surface area contributed by atoms with Gasteiger partial charge in [0.25, 0.3) is 11.8 Å². The number of benzene rings is 1. The van der Waals surface area contributed by atoms with Crippen LogP contribution in [0.3, 0.4) is 0 Å². The van der Waals surface area contributed by atoms with Gasteiger partial charge in [-0.05, 0) is 48.2 Å². The molecule has 1 aromatic heterocycles. The second-order valence-corrected chi connectivity index (χ2v) is 7.34. The van der Waals surface area contributed by atoms with Crippen LogP contribution in [0.5, 0.6) is 5.88 Å². The van der Waals surface area contributed by atoms with Crippen LogP contribution in [0.1, 0.15) is 41.4 Å². The molecule has 152 valence electrons. The number of carbonyl (C=O) groups is 3. The van der Waals surface area contributed by atoms with Crippen LogP contribution < -0.4 is 15.4 Å². The molecule has 0 atom stereocenters. The molecule has 1 aliphatic heterocycles. The maximum absolute atomic E-state index is 12.9. The first-order valence-corrected chi connectivity index (χ1v) is 9.59. The number of nitrogens with one attached hydrogen (secondary N) is 2. The van der Waals surface area contributed by atoms with Crippen molar-refractivity contribution in [1.82, 2.24) is 15.4 Å². The average molecular weight is 398 g/mol. The van der Waals surface area contributed by atoms with Crippen molar-refractivity contribution in [3.05, 3.63) is 41.2 Å². The Labute approximate surface area is 167 Å². The summed E-state index contributed by atoms with van der Waals surface area (Å²) in [5, 5.41) is 9.23. The highest BCUT2D eigenvalue weighted by Gasteiger charge is 2.30. The number of nitrogens with zero attached hydrogens (tertiary/aromatic N) is 2. The van der Waals surface area contributed by atoms with Gasteiger partial charge in [0.1, 0.15) is 5.76 Å². The Balaban J connectivity index is 1.40. The Kier molecular flexibility index (Phi) is 5.20. The third-order valence-corrected chi connectivity index (χ3v) is 4.95. The maximum Gasteiger partial charge on any atom is 0.414 e. The van der Waals surface area contributed by atoms with Gasteiger partial charge < -0.3 is 24.8 Å². The molecule has 1 fully saturated rings. The van der Waals surface area contributed by atoms with Crippen molar-refractivity contribution >= 4 is 23.6 Å². The van der Waals surface area contributed by atoms with Gasteiger partial charge in [-0.25, -0.2) is 4.79 Å². The zero-order valence-electron chi connectivity index (χ0n) is 16.1. The number of carbonyl (C=O) groups excluding carboxylic acids is 3. The summed E-state index contributed by atoms with van der Waals surface area (Å²) in [5.74, 6) is 0.940. The number of aromatic nitrogens is 1. The molecular formula is C20H22N4O5. The fraction of sp³-hybridized carbons (Fsp3) is 0.400. The van der Waals surface area contributed by atoms with Gasteiger partial charge in [-0.15, -0.1) is 0 Å². The molecule has 29 heavy (non-hydrogen) atoms. The van der Waals surface area contributed by atoms with Gasteiger partial charge in [0.15, 0.2) is 0 Å². The average Bonchev–Trinajstić information content (AvgIpc) is 3.46. The third-order valence-electron chi connectivity index (χ3n) is 4.95. The smallest absolute Gasteiger partial charge is 0.387 e. The Morgan fingerprint density at radius 1 is 1.24 bits per heavy atom. The quantitative estimate of drug-likeness (QED) is 0.799. The molecule has 0 unspecified atom stereocenters. The molecule has 2 heterocycles. The van der Waals surface area contributed by atoms with Crippen molar-refractivity contribution in [3.8, 4) is 5.88 Å². The van der Waals surface area contributed by atoms with E-state index in [1.54, 1.807) is 29.2 Å². The van der Waals surface area contributed by atoms with Crippen molar-refractivity contribution in [2.75, 3.05) is 18.4 Å². The minimum atomic E-state index is -0.565. The van der Waals surface area contributed by atoms with Gasteiger partial charge >= 0.3 is 6.09 Å². The van der Waals surface area contributed by atoms with Gasteiger partial charge in [0, 0.05) is 37.7 Å². The number of anilines is 1. The van der Waals surface area contributed by atoms with E-state index in [0.29, 0.717) is 48.0 Å². The van der Waals surface area contributed by atoms with Crippen molar-refractivity contribution in [3.63, 3.8) is 0 Å². The lowest BCUT2D eigenvalue weighted by atomic mass is 10.1. The number of hydrogen-bond acceptors (Lipinski definition) is 6. The normalized spacial score (nSPS) is 15.4. The largest absolute Gasteiger partial charge is 0.414 e. The van der Waals surface area contributed by atoms with Crippen LogP contribution in [0.4, 0.5) is 10.5 Å². The van der Waals surface area contributed by atoms with Crippen molar-refractivity contribution in [1.29, 1.82) is 0 Å². The van der Waals surface area contributed by atoms with E-state index < -0.39 is 6.09 Å². The lowest BCUT2D eigenvalue weighted by Crippen LogP contribution is -2.36. The van der Waals surface area contributed by atoms with Crippen molar-refractivity contribution < 1.29 is 23.6 Å². The summed E-state index contributed by atoms with van der Waals surface area (Å²) >= 11 is 0. The molecule has 9 nitrogen and oxygen atoms in total. The SMILES string of the molecule is CC(=O)Nc1ccc(C(=O)N2CCc3onc(OC(=O)NCC4CC4)c3C2)cc1. The molecule has 0 radical (unpaired) electrons. The van der Waals surface area contributed by atoms with E-state index in [1.165, 1.54) is 6.92 Å². The fourth-order valence-corrected chi connectivity index (χ4v) is 3.19. The van der Waals surface area contributed by atoms with Crippen LogP contribution >= 0.6 is 0 Å². The minimum Gasteiger partial charge on any atom is -0.387 e. The fourth-order valence-electron chi connectivity index (χ4n) is 3.19. The summed E-state index contributed by atoms with van der Waals surface area (Å²) in [7, 11) is 0. The minimum absolute atomic E-state index is 0.104. The van der Waals surface area contributed by atoms with Crippen LogP contribution in [0, 0.1) is 5.92 Å². The van der Waals surface area contributed by atoms with Crippen molar-refractivity contribution in [2.24, 2.45) is 5.92 Å². The Hall–Kier alpha value is -3.36. The molecule has 9 heteroatoms. The highest BCUT2D eigenvalue weighted by molar-refractivity contribution is 5.95. The third kappa shape index (κ3) is 4.56. The molecule has 0 saturated heterocycles. The molecule has 1 aromatic carbocycles. The van der Waals surface area contributed by atoms with Crippen molar-refractivity contribution in [2.45, 2.75) is 32.7 Å². The Bertz CT molecular complexity index is 933. The summed E-state index contributed by atoms with van der Waals surface area (Å²) in [5.41, 5.74) is 1.74. The first-order valence-electron chi connectivity index (χ1n) is 9.59. The van der Waals surface area contributed by atoms with E-state index in [1.807, 2.05) is 0 Å². The molecular weight excluding hydrogens is 376 g/mol. The van der Waals surface area contributed by atoms with Crippen LogP contribution in [0.2, 0.25) is 0 Å². The van der Waals surface area contributed by atoms with Gasteiger partial charge in [-0.1, -0.05) is 0 Å². The lowest BCUT2D eigenvalue weighted by Gasteiger charge is -2.26. The van der Waals surface area contributed by atoms with E-state index >= 15 is 0 Å². The van der Waals surface area contributed by atoms with Gasteiger partial charge in [0.2, 0.25) is 5.91 Å². The standard InChI is InChI=1S/C20H22N4O5/c1-12(25)22-15-6-4-14(5-7-15)19(26)24-9-8-17-16(11-24)18(23-29-17)28-20(27)21-10-13-2-3-13/h4-7,13H,2-3,8-11H2,1H3,(H,21,27)(H,22,25). The second-order valence-electron chi connectivity index (χ2n) is 7.34. The maximum atomic E-state index is 12.9. The number of amides is 3. The topological polar surface area (TPSA) is 114 Å². The molecule has 3 amide bonds. The number of ether oxygens (including phenoxy) is 1. The Morgan fingerprint density at radius 2 is 2.00 bits per heavy atom. The summed E-state index contributed by atoms with van der Waals surface area (Å²) in [6.07, 6.45) is 2.18. The lowest BCUT2D eigenvalue weighted by molar-refractivity contribution is -0.114. The van der Waals surface area contributed by atoms with Gasteiger partial charge in [-0.2, -0.15) is 0 Å². The first kappa shape index (κ1) is 19.0. The number of rotatable bonds is 5. The second kappa shape index (κ2) is 7.94. The molecule has 2 aromatic rings. The van der Waals surface area contributed by atoms with Crippen LogP contribution in [-0.4, -0.2) is 41.1 Å². The molecule has 1 aliphatic carbocycles. The Morgan fingerprint density at radius 3 is 2.69 bits per heavy atom. The molecule has 0 spiro atoms. The van der Waals surface area contributed by atoms with E-state index in [4.69, 9.17) is 9.26 Å². The molecule has 0 bridgehead atoms. The van der Waals surface area contributed by atoms with Gasteiger partial charge in [0.05, 0.1) is 12.1 Å². The zero-order valence-corrected chi connectivity index (χ0v) is 16.1. The predicted molar refractivity (Wildman–Crippen MR) is 102 cm³/mol. The van der Waals surface area contributed by atoms with Gasteiger partial charge in [-0.3, -0.25) is 9.59 Å². The van der Waals surface area contributed by atoms with E-state index in [9.17, 15) is 14.4 Å². The first-order chi connectivity index (χ1) is 14.0. The zero-order chi connectivity index (χ0) is 20.4. The predicted octanol–water partition coefficient (Wildman–Crippen LogP) is 2.33. The van der Waals surface area contributed by atoms with E-state index in [2.05, 4.69) is 15.8 Å². The summed E-state index contributed by atoms with van der Waals surface area (Å²) < 4.78 is 10.6. The molecule has 2 N–H and O–H groups in total.